The third kappa shape index (κ3) is 7.00. The van der Waals surface area contributed by atoms with Crippen molar-refractivity contribution in [1.82, 2.24) is 15.0 Å². The molecule has 0 N–H and O–H groups in total. The molecule has 11 rings (SSSR count). The molecule has 3 heteroatoms. The minimum Gasteiger partial charge on any atom is -0.247 e. The third-order valence-electron chi connectivity index (χ3n) is 12.2. The predicted octanol–water partition coefficient (Wildman–Crippen LogP) is 14.8. The topological polar surface area (TPSA) is 38.7 Å². The van der Waals surface area contributed by atoms with E-state index in [-0.39, 0.29) is 5.92 Å². The van der Waals surface area contributed by atoms with Crippen LogP contribution in [0, 0.1) is 0 Å². The number of para-hydroxylation sites is 1. The second kappa shape index (κ2) is 15.8. The molecule has 10 aromatic rings. The summed E-state index contributed by atoms with van der Waals surface area (Å²) in [6, 6.07) is 77.8. The molecule has 288 valence electrons. The molecule has 2 aromatic heterocycles. The molecule has 0 spiro atoms. The largest absolute Gasteiger partial charge is 0.247 e. The van der Waals surface area contributed by atoms with E-state index < -0.39 is 0 Å². The molecule has 2 heterocycles. The molecular formula is C58H41N3. The Morgan fingerprint density at radius 1 is 0.377 bits per heavy atom. The van der Waals surface area contributed by atoms with E-state index in [9.17, 15) is 0 Å². The van der Waals surface area contributed by atoms with E-state index in [0.717, 1.165) is 57.7 Å². The first-order valence-electron chi connectivity index (χ1n) is 21.1. The molecule has 61 heavy (non-hydrogen) atoms. The maximum absolute atomic E-state index is 5.32. The maximum atomic E-state index is 5.32. The summed E-state index contributed by atoms with van der Waals surface area (Å²) in [6.45, 7) is 0. The molecule has 0 saturated heterocycles. The van der Waals surface area contributed by atoms with Crippen molar-refractivity contribution in [3.05, 3.63) is 235 Å². The number of hydrogen-bond acceptors (Lipinski definition) is 3. The SMILES string of the molecule is c1ccc(-c2ccc(-c3cc(-c4ccc(-c5ccccc5)cc4)nc(-c4cccc(C5CCc6c(-c7ccccc7)nc7ccccc7c6-c6ccccc65)c4)n3)cc2)cc1. The summed E-state index contributed by atoms with van der Waals surface area (Å²) in [4.78, 5) is 15.9. The summed E-state index contributed by atoms with van der Waals surface area (Å²) in [7, 11) is 0. The number of hydrogen-bond donors (Lipinski definition) is 0. The van der Waals surface area contributed by atoms with Gasteiger partial charge in [0.25, 0.3) is 0 Å². The molecule has 0 bridgehead atoms. The zero-order valence-electron chi connectivity index (χ0n) is 33.6. The summed E-state index contributed by atoms with van der Waals surface area (Å²) in [5.41, 5.74) is 19.3. The lowest BCUT2D eigenvalue weighted by Gasteiger charge is -2.20. The van der Waals surface area contributed by atoms with Gasteiger partial charge in [0.2, 0.25) is 0 Å². The van der Waals surface area contributed by atoms with Gasteiger partial charge in [-0.3, -0.25) is 0 Å². The summed E-state index contributed by atoms with van der Waals surface area (Å²) in [5, 5.41) is 1.20. The van der Waals surface area contributed by atoms with Gasteiger partial charge in [0.15, 0.2) is 5.82 Å². The van der Waals surface area contributed by atoms with Crippen molar-refractivity contribution in [1.29, 1.82) is 0 Å². The lowest BCUT2D eigenvalue weighted by atomic mass is 9.85. The van der Waals surface area contributed by atoms with E-state index in [4.69, 9.17) is 15.0 Å². The minimum atomic E-state index is 0.157. The second-order valence-corrected chi connectivity index (χ2v) is 15.8. The van der Waals surface area contributed by atoms with Gasteiger partial charge in [-0.1, -0.05) is 200 Å². The summed E-state index contributed by atoms with van der Waals surface area (Å²) >= 11 is 0. The number of benzene rings is 8. The van der Waals surface area contributed by atoms with Gasteiger partial charge in [0.1, 0.15) is 0 Å². The first kappa shape index (κ1) is 36.3. The lowest BCUT2D eigenvalue weighted by Crippen LogP contribution is -2.03. The van der Waals surface area contributed by atoms with Crippen LogP contribution < -0.4 is 0 Å². The molecule has 3 nitrogen and oxygen atoms in total. The monoisotopic (exact) mass is 779 g/mol. The summed E-state index contributed by atoms with van der Waals surface area (Å²) in [5.74, 6) is 0.866. The van der Waals surface area contributed by atoms with Crippen LogP contribution in [-0.4, -0.2) is 15.0 Å². The molecule has 0 radical (unpaired) electrons. The van der Waals surface area contributed by atoms with E-state index in [0.29, 0.717) is 5.82 Å². The number of aromatic nitrogens is 3. The standard InChI is InChI=1S/C58H41N3/c1-4-15-39(16-5-1)41-27-31-43(32-28-41)54-38-55(44-33-29-42(30-34-44)40-17-6-2-7-18-40)61-58(60-54)47-22-14-21-46(37-47)48-35-36-52-56(50-24-11-10-23-49(48)50)51-25-12-13-26-53(51)59-57(52)45-19-8-3-9-20-45/h1-34,37-38,48H,35-36H2. The van der Waals surface area contributed by atoms with Gasteiger partial charge in [-0.25, -0.2) is 15.0 Å². The van der Waals surface area contributed by atoms with Crippen LogP contribution in [0.2, 0.25) is 0 Å². The van der Waals surface area contributed by atoms with Crippen LogP contribution in [0.5, 0.6) is 0 Å². The first-order chi connectivity index (χ1) is 30.2. The highest BCUT2D eigenvalue weighted by Gasteiger charge is 2.28. The molecule has 0 fully saturated rings. The number of pyridine rings is 1. The molecular weight excluding hydrogens is 739 g/mol. The van der Waals surface area contributed by atoms with Gasteiger partial charge in [-0.05, 0) is 81.1 Å². The fourth-order valence-electron chi connectivity index (χ4n) is 9.15. The fraction of sp³-hybridized carbons (Fsp3) is 0.0517. The molecule has 1 aliphatic rings. The summed E-state index contributed by atoms with van der Waals surface area (Å²) in [6.07, 6.45) is 1.84. The molecule has 1 unspecified atom stereocenters. The van der Waals surface area contributed by atoms with Gasteiger partial charge < -0.3 is 0 Å². The molecule has 1 aliphatic carbocycles. The van der Waals surface area contributed by atoms with Crippen molar-refractivity contribution in [2.45, 2.75) is 18.8 Å². The van der Waals surface area contributed by atoms with E-state index in [2.05, 4.69) is 218 Å². The van der Waals surface area contributed by atoms with Crippen molar-refractivity contribution >= 4 is 10.9 Å². The van der Waals surface area contributed by atoms with Crippen LogP contribution in [0.4, 0.5) is 0 Å². The van der Waals surface area contributed by atoms with Gasteiger partial charge in [0, 0.05) is 33.6 Å². The van der Waals surface area contributed by atoms with Crippen LogP contribution in [-0.2, 0) is 6.42 Å². The Balaban J connectivity index is 1.02. The molecule has 0 saturated carbocycles. The van der Waals surface area contributed by atoms with Crippen LogP contribution in [0.15, 0.2) is 218 Å². The Kier molecular flexibility index (Phi) is 9.40. The minimum absolute atomic E-state index is 0.157. The van der Waals surface area contributed by atoms with Crippen molar-refractivity contribution in [2.75, 3.05) is 0 Å². The highest BCUT2D eigenvalue weighted by molar-refractivity contribution is 6.00. The van der Waals surface area contributed by atoms with Crippen LogP contribution >= 0.6 is 0 Å². The first-order valence-corrected chi connectivity index (χ1v) is 21.1. The number of rotatable bonds is 7. The lowest BCUT2D eigenvalue weighted by molar-refractivity contribution is 0.726. The Morgan fingerprint density at radius 3 is 1.52 bits per heavy atom. The van der Waals surface area contributed by atoms with Gasteiger partial charge in [0.05, 0.1) is 22.6 Å². The van der Waals surface area contributed by atoms with Crippen LogP contribution in [0.1, 0.15) is 29.0 Å². The molecule has 8 aromatic carbocycles. The molecule has 0 amide bonds. The highest BCUT2D eigenvalue weighted by Crippen LogP contribution is 2.47. The normalized spacial score (nSPS) is 13.3. The molecule has 0 aliphatic heterocycles. The van der Waals surface area contributed by atoms with Crippen molar-refractivity contribution in [3.8, 4) is 78.5 Å². The van der Waals surface area contributed by atoms with Crippen molar-refractivity contribution in [3.63, 3.8) is 0 Å². The van der Waals surface area contributed by atoms with Gasteiger partial charge >= 0.3 is 0 Å². The second-order valence-electron chi connectivity index (χ2n) is 15.8. The fourth-order valence-corrected chi connectivity index (χ4v) is 9.15. The van der Waals surface area contributed by atoms with Crippen molar-refractivity contribution in [2.24, 2.45) is 0 Å². The van der Waals surface area contributed by atoms with Gasteiger partial charge in [-0.2, -0.15) is 0 Å². The van der Waals surface area contributed by atoms with Crippen molar-refractivity contribution < 1.29 is 0 Å². The smallest absolute Gasteiger partial charge is 0.160 e. The predicted molar refractivity (Wildman–Crippen MR) is 252 cm³/mol. The highest BCUT2D eigenvalue weighted by atomic mass is 14.9. The Hall–Kier alpha value is -7.75. The van der Waals surface area contributed by atoms with E-state index in [1.165, 1.54) is 55.5 Å². The maximum Gasteiger partial charge on any atom is 0.160 e. The van der Waals surface area contributed by atoms with Gasteiger partial charge in [-0.15, -0.1) is 0 Å². The quantitative estimate of drug-likeness (QED) is 0.162. The molecule has 1 atom stereocenters. The Bertz CT molecular complexity index is 3060. The van der Waals surface area contributed by atoms with E-state index in [1.807, 2.05) is 0 Å². The Morgan fingerprint density at radius 2 is 0.885 bits per heavy atom. The van der Waals surface area contributed by atoms with Crippen LogP contribution in [0.3, 0.4) is 0 Å². The average molecular weight is 780 g/mol. The zero-order valence-corrected chi connectivity index (χ0v) is 33.6. The van der Waals surface area contributed by atoms with E-state index in [1.54, 1.807) is 0 Å². The number of nitrogens with zero attached hydrogens (tertiary/aromatic N) is 3. The van der Waals surface area contributed by atoms with Crippen LogP contribution in [0.25, 0.3) is 89.4 Å². The third-order valence-corrected chi connectivity index (χ3v) is 12.2. The average Bonchev–Trinajstić information content (AvgIpc) is 3.52. The Labute approximate surface area is 356 Å². The van der Waals surface area contributed by atoms with E-state index >= 15 is 0 Å². The summed E-state index contributed by atoms with van der Waals surface area (Å²) < 4.78 is 0. The zero-order chi connectivity index (χ0) is 40.5. The number of fused-ring (bicyclic) bond motifs is 5.